The van der Waals surface area contributed by atoms with Gasteiger partial charge >= 0.3 is 0 Å². The van der Waals surface area contributed by atoms with Crippen LogP contribution in [0.1, 0.15) is 27.2 Å². The summed E-state index contributed by atoms with van der Waals surface area (Å²) in [4.78, 5) is 4.72. The van der Waals surface area contributed by atoms with Gasteiger partial charge in [-0.15, -0.1) is 0 Å². The van der Waals surface area contributed by atoms with E-state index in [2.05, 4.69) is 43.8 Å². The highest BCUT2D eigenvalue weighted by Crippen LogP contribution is 2.21. The third kappa shape index (κ3) is 1.35. The summed E-state index contributed by atoms with van der Waals surface area (Å²) < 4.78 is 0. The maximum absolute atomic E-state index is 2.38. The minimum Gasteiger partial charge on any atom is -0.357 e. The maximum atomic E-state index is 2.38. The normalized spacial score (nSPS) is 24.4. The number of hydrogen-bond donors (Lipinski definition) is 0. The molecule has 0 bridgehead atoms. The van der Waals surface area contributed by atoms with E-state index in [1.54, 1.807) is 0 Å². The monoisotopic (exact) mass is 154 g/mol. The fourth-order valence-electron chi connectivity index (χ4n) is 1.69. The molecule has 0 aromatic carbocycles. The van der Waals surface area contributed by atoms with Gasteiger partial charge in [0.1, 0.15) is 6.17 Å². The van der Waals surface area contributed by atoms with Crippen LogP contribution in [0.15, 0.2) is 11.9 Å². The number of allylic oxidation sites excluding steroid dienone is 1. The van der Waals surface area contributed by atoms with E-state index in [1.807, 2.05) is 0 Å². The molecule has 2 heteroatoms. The molecule has 1 heterocycles. The first-order valence-corrected chi connectivity index (χ1v) is 4.37. The van der Waals surface area contributed by atoms with Gasteiger partial charge in [-0.25, -0.2) is 0 Å². The Hall–Kier alpha value is -0.660. The third-order valence-corrected chi connectivity index (χ3v) is 2.47. The molecule has 11 heavy (non-hydrogen) atoms. The van der Waals surface area contributed by atoms with E-state index >= 15 is 0 Å². The Bertz CT molecular complexity index is 163. The molecule has 0 amide bonds. The third-order valence-electron chi connectivity index (χ3n) is 2.47. The van der Waals surface area contributed by atoms with E-state index in [4.69, 9.17) is 0 Å². The molecule has 0 aromatic heterocycles. The molecule has 0 fully saturated rings. The lowest BCUT2D eigenvalue weighted by Crippen LogP contribution is -2.36. The highest BCUT2D eigenvalue weighted by atomic mass is 15.4. The molecule has 0 spiro atoms. The van der Waals surface area contributed by atoms with Crippen molar-refractivity contribution in [1.29, 1.82) is 0 Å². The largest absolute Gasteiger partial charge is 0.357 e. The van der Waals surface area contributed by atoms with Crippen LogP contribution in [0.25, 0.3) is 0 Å². The topological polar surface area (TPSA) is 6.48 Å². The molecule has 1 unspecified atom stereocenters. The molecule has 0 N–H and O–H groups in total. The highest BCUT2D eigenvalue weighted by Gasteiger charge is 2.23. The van der Waals surface area contributed by atoms with Gasteiger partial charge in [-0.3, -0.25) is 0 Å². The summed E-state index contributed by atoms with van der Waals surface area (Å²) in [5, 5.41) is 0. The van der Waals surface area contributed by atoms with Gasteiger partial charge in [0.2, 0.25) is 0 Å². The molecule has 0 aliphatic carbocycles. The van der Waals surface area contributed by atoms with Gasteiger partial charge < -0.3 is 9.80 Å². The van der Waals surface area contributed by atoms with Crippen molar-refractivity contribution in [2.45, 2.75) is 33.4 Å². The van der Waals surface area contributed by atoms with Crippen molar-refractivity contribution >= 4 is 0 Å². The summed E-state index contributed by atoms with van der Waals surface area (Å²) in [5.74, 6) is 0. The molecule has 0 saturated heterocycles. The molecular formula is C9H18N2. The molecule has 1 atom stereocenters. The van der Waals surface area contributed by atoms with Crippen LogP contribution < -0.4 is 0 Å². The van der Waals surface area contributed by atoms with Crippen LogP contribution in [-0.4, -0.2) is 29.6 Å². The van der Waals surface area contributed by atoms with Crippen LogP contribution in [0, 0.1) is 0 Å². The van der Waals surface area contributed by atoms with Crippen molar-refractivity contribution < 1.29 is 0 Å². The molecule has 1 rings (SSSR count). The summed E-state index contributed by atoms with van der Waals surface area (Å²) in [6.45, 7) is 7.71. The van der Waals surface area contributed by atoms with Crippen LogP contribution in [0.3, 0.4) is 0 Å². The van der Waals surface area contributed by atoms with Gasteiger partial charge in [-0.2, -0.15) is 0 Å². The minimum atomic E-state index is 0.597. The number of nitrogens with zero attached hydrogens (tertiary/aromatic N) is 2. The lowest BCUT2D eigenvalue weighted by atomic mass is 10.3. The van der Waals surface area contributed by atoms with Crippen LogP contribution in [-0.2, 0) is 0 Å². The van der Waals surface area contributed by atoms with Crippen LogP contribution in [0.5, 0.6) is 0 Å². The zero-order chi connectivity index (χ0) is 8.43. The van der Waals surface area contributed by atoms with E-state index in [1.165, 1.54) is 12.1 Å². The van der Waals surface area contributed by atoms with Gasteiger partial charge in [0.15, 0.2) is 0 Å². The Balaban J connectivity index is 2.67. The van der Waals surface area contributed by atoms with E-state index in [0.29, 0.717) is 6.17 Å². The van der Waals surface area contributed by atoms with Crippen molar-refractivity contribution in [3.63, 3.8) is 0 Å². The van der Waals surface area contributed by atoms with Gasteiger partial charge in [0, 0.05) is 25.5 Å². The Kier molecular flexibility index (Phi) is 2.42. The molecular weight excluding hydrogens is 136 g/mol. The predicted octanol–water partition coefficient (Wildman–Crippen LogP) is 1.85. The average molecular weight is 154 g/mol. The summed E-state index contributed by atoms with van der Waals surface area (Å²) in [5.41, 5.74) is 1.37. The lowest BCUT2D eigenvalue weighted by Gasteiger charge is -2.29. The van der Waals surface area contributed by atoms with Crippen LogP contribution in [0.2, 0.25) is 0 Å². The summed E-state index contributed by atoms with van der Waals surface area (Å²) in [7, 11) is 2.16. The second-order valence-electron chi connectivity index (χ2n) is 3.10. The minimum absolute atomic E-state index is 0.597. The van der Waals surface area contributed by atoms with E-state index in [9.17, 15) is 0 Å². The molecule has 0 radical (unpaired) electrons. The Morgan fingerprint density at radius 2 is 2.09 bits per heavy atom. The van der Waals surface area contributed by atoms with Crippen molar-refractivity contribution in [1.82, 2.24) is 9.80 Å². The summed E-state index contributed by atoms with van der Waals surface area (Å²) >= 11 is 0. The smallest absolute Gasteiger partial charge is 0.100 e. The molecule has 1 aliphatic rings. The maximum Gasteiger partial charge on any atom is 0.100 e. The zero-order valence-corrected chi connectivity index (χ0v) is 7.96. The first-order valence-electron chi connectivity index (χ1n) is 4.37. The first-order chi connectivity index (χ1) is 5.20. The van der Waals surface area contributed by atoms with E-state index in [-0.39, 0.29) is 0 Å². The van der Waals surface area contributed by atoms with Gasteiger partial charge in [0.25, 0.3) is 0 Å². The average Bonchev–Trinajstić information content (AvgIpc) is 2.28. The quantitative estimate of drug-likeness (QED) is 0.599. The first kappa shape index (κ1) is 8.44. The Morgan fingerprint density at radius 1 is 1.45 bits per heavy atom. The van der Waals surface area contributed by atoms with Crippen LogP contribution in [0.4, 0.5) is 0 Å². The summed E-state index contributed by atoms with van der Waals surface area (Å²) in [6.07, 6.45) is 4.03. The molecule has 0 saturated carbocycles. The van der Waals surface area contributed by atoms with E-state index in [0.717, 1.165) is 6.54 Å². The van der Waals surface area contributed by atoms with Crippen molar-refractivity contribution in [3.05, 3.63) is 11.9 Å². The van der Waals surface area contributed by atoms with Crippen molar-refractivity contribution in [3.8, 4) is 0 Å². The highest BCUT2D eigenvalue weighted by molar-refractivity contribution is 5.05. The standard InChI is InChI=1S/C9H18N2/c1-5-9-10(4)8(3)7-11(9)6-2/h7,9H,5-6H2,1-4H3. The second-order valence-corrected chi connectivity index (χ2v) is 3.10. The SMILES string of the molecule is CCC1N(CC)C=C(C)N1C. The number of hydrogen-bond acceptors (Lipinski definition) is 2. The van der Waals surface area contributed by atoms with E-state index < -0.39 is 0 Å². The van der Waals surface area contributed by atoms with Gasteiger partial charge in [-0.1, -0.05) is 6.92 Å². The fraction of sp³-hybridized carbons (Fsp3) is 0.778. The van der Waals surface area contributed by atoms with Crippen LogP contribution >= 0.6 is 0 Å². The molecule has 2 nitrogen and oxygen atoms in total. The number of rotatable bonds is 2. The molecule has 64 valence electrons. The van der Waals surface area contributed by atoms with Gasteiger partial charge in [0.05, 0.1) is 0 Å². The van der Waals surface area contributed by atoms with Crippen molar-refractivity contribution in [2.24, 2.45) is 0 Å². The Morgan fingerprint density at radius 3 is 2.45 bits per heavy atom. The second kappa shape index (κ2) is 3.16. The zero-order valence-electron chi connectivity index (χ0n) is 7.96. The van der Waals surface area contributed by atoms with Gasteiger partial charge in [-0.05, 0) is 20.3 Å². The lowest BCUT2D eigenvalue weighted by molar-refractivity contribution is 0.170. The Labute approximate surface area is 69.5 Å². The van der Waals surface area contributed by atoms with Crippen molar-refractivity contribution in [2.75, 3.05) is 13.6 Å². The molecule has 0 aromatic rings. The summed E-state index contributed by atoms with van der Waals surface area (Å²) in [6, 6.07) is 0. The predicted molar refractivity (Wildman–Crippen MR) is 48.0 cm³/mol. The fourth-order valence-corrected chi connectivity index (χ4v) is 1.69. The molecule has 1 aliphatic heterocycles.